The molecule has 0 amide bonds. The molecule has 0 saturated heterocycles. The lowest BCUT2D eigenvalue weighted by molar-refractivity contribution is 1.01. The maximum absolute atomic E-state index is 5.28. The van der Waals surface area contributed by atoms with Gasteiger partial charge in [-0.1, -0.05) is 12.1 Å². The lowest BCUT2D eigenvalue weighted by Crippen LogP contribution is -2.22. The van der Waals surface area contributed by atoms with Gasteiger partial charge in [0.05, 0.1) is 6.54 Å². The Hall–Kier alpha value is -0.430. The van der Waals surface area contributed by atoms with Gasteiger partial charge in [-0.15, -0.1) is 35.7 Å². The largest absolute Gasteiger partial charge is 0.370 e. The zero-order chi connectivity index (χ0) is 10.6. The van der Waals surface area contributed by atoms with Crippen molar-refractivity contribution in [3.8, 4) is 0 Å². The van der Waals surface area contributed by atoms with Crippen LogP contribution in [0.1, 0.15) is 11.1 Å². The van der Waals surface area contributed by atoms with Crippen molar-refractivity contribution < 1.29 is 0 Å². The van der Waals surface area contributed by atoms with Crippen LogP contribution in [-0.4, -0.2) is 12.2 Å². The monoisotopic (exact) mass is 337 g/mol. The van der Waals surface area contributed by atoms with E-state index in [2.05, 4.69) is 30.1 Å². The molecule has 0 aromatic heterocycles. The van der Waals surface area contributed by atoms with Crippen LogP contribution in [0, 0.1) is 6.92 Å². The van der Waals surface area contributed by atoms with Gasteiger partial charge >= 0.3 is 0 Å². The molecule has 15 heavy (non-hydrogen) atoms. The number of hydrogen-bond acceptors (Lipinski definition) is 2. The summed E-state index contributed by atoms with van der Waals surface area (Å²) < 4.78 is 0. The molecule has 0 heterocycles. The van der Waals surface area contributed by atoms with E-state index < -0.39 is 0 Å². The Morgan fingerprint density at radius 2 is 2.07 bits per heavy atom. The molecule has 3 nitrogen and oxygen atoms in total. The van der Waals surface area contributed by atoms with Crippen molar-refractivity contribution in [2.45, 2.75) is 18.4 Å². The molecule has 0 radical (unpaired) electrons. The topological polar surface area (TPSA) is 64.4 Å². The highest BCUT2D eigenvalue weighted by Crippen LogP contribution is 2.22. The molecule has 1 aromatic carbocycles. The summed E-state index contributed by atoms with van der Waals surface area (Å²) in [6.07, 6.45) is 2.05. The van der Waals surface area contributed by atoms with Crippen molar-refractivity contribution >= 4 is 41.7 Å². The fourth-order valence-corrected chi connectivity index (χ4v) is 1.86. The zero-order valence-electron chi connectivity index (χ0n) is 8.86. The van der Waals surface area contributed by atoms with Crippen molar-refractivity contribution in [2.24, 2.45) is 16.5 Å². The van der Waals surface area contributed by atoms with Gasteiger partial charge in [-0.3, -0.25) is 0 Å². The number of guanidine groups is 1. The fourth-order valence-electron chi connectivity index (χ4n) is 1.16. The first kappa shape index (κ1) is 14.6. The average molecular weight is 337 g/mol. The predicted octanol–water partition coefficient (Wildman–Crippen LogP) is 2.11. The first-order chi connectivity index (χ1) is 6.63. The molecule has 0 fully saturated rings. The van der Waals surface area contributed by atoms with E-state index in [9.17, 15) is 0 Å². The molecule has 5 heteroatoms. The van der Waals surface area contributed by atoms with Gasteiger partial charge in [0.25, 0.3) is 0 Å². The molecule has 0 aliphatic carbocycles. The van der Waals surface area contributed by atoms with Gasteiger partial charge in [0.15, 0.2) is 5.96 Å². The molecule has 0 aliphatic heterocycles. The minimum atomic E-state index is 0. The Labute approximate surface area is 112 Å². The molecule has 0 spiro atoms. The summed E-state index contributed by atoms with van der Waals surface area (Å²) >= 11 is 1.71. The van der Waals surface area contributed by atoms with E-state index in [4.69, 9.17) is 11.5 Å². The second-order valence-corrected chi connectivity index (χ2v) is 3.90. The number of aliphatic imine (C=N–C) groups is 1. The quantitative estimate of drug-likeness (QED) is 0.384. The number of nitrogens with zero attached hydrogens (tertiary/aromatic N) is 1. The third kappa shape index (κ3) is 4.74. The van der Waals surface area contributed by atoms with E-state index in [0.717, 1.165) is 5.56 Å². The summed E-state index contributed by atoms with van der Waals surface area (Å²) in [6, 6.07) is 6.27. The van der Waals surface area contributed by atoms with Gasteiger partial charge in [-0.25, -0.2) is 4.99 Å². The lowest BCUT2D eigenvalue weighted by Gasteiger charge is -2.05. The van der Waals surface area contributed by atoms with Crippen LogP contribution >= 0.6 is 35.7 Å². The van der Waals surface area contributed by atoms with Crippen LogP contribution in [0.4, 0.5) is 0 Å². The van der Waals surface area contributed by atoms with Crippen molar-refractivity contribution in [1.82, 2.24) is 0 Å². The van der Waals surface area contributed by atoms with Crippen molar-refractivity contribution in [1.29, 1.82) is 0 Å². The van der Waals surface area contributed by atoms with Crippen LogP contribution in [-0.2, 0) is 6.54 Å². The van der Waals surface area contributed by atoms with Crippen molar-refractivity contribution in [3.05, 3.63) is 29.3 Å². The molecule has 0 aliphatic rings. The Bertz CT molecular complexity index is 349. The predicted molar refractivity (Wildman–Crippen MR) is 77.9 cm³/mol. The van der Waals surface area contributed by atoms with E-state index in [1.54, 1.807) is 11.8 Å². The molecule has 0 saturated carbocycles. The normalized spacial score (nSPS) is 9.20. The highest BCUT2D eigenvalue weighted by molar-refractivity contribution is 14.0. The molecular weight excluding hydrogens is 321 g/mol. The van der Waals surface area contributed by atoms with Crippen molar-refractivity contribution in [2.75, 3.05) is 6.26 Å². The molecule has 1 rings (SSSR count). The Morgan fingerprint density at radius 1 is 1.40 bits per heavy atom. The highest BCUT2D eigenvalue weighted by atomic mass is 127. The first-order valence-electron chi connectivity index (χ1n) is 4.32. The van der Waals surface area contributed by atoms with E-state index in [1.165, 1.54) is 10.5 Å². The van der Waals surface area contributed by atoms with E-state index in [-0.39, 0.29) is 29.9 Å². The number of hydrogen-bond donors (Lipinski definition) is 2. The van der Waals surface area contributed by atoms with Crippen LogP contribution in [0.5, 0.6) is 0 Å². The Morgan fingerprint density at radius 3 is 2.60 bits per heavy atom. The van der Waals surface area contributed by atoms with Gasteiger partial charge in [-0.05, 0) is 30.4 Å². The molecule has 0 bridgehead atoms. The molecule has 0 atom stereocenters. The molecule has 1 aromatic rings. The Balaban J connectivity index is 0.00000196. The second-order valence-electron chi connectivity index (χ2n) is 3.06. The van der Waals surface area contributed by atoms with Crippen LogP contribution in [0.15, 0.2) is 28.1 Å². The van der Waals surface area contributed by atoms with Gasteiger partial charge in [0.1, 0.15) is 0 Å². The van der Waals surface area contributed by atoms with E-state index in [0.29, 0.717) is 6.54 Å². The van der Waals surface area contributed by atoms with Crippen LogP contribution in [0.2, 0.25) is 0 Å². The SMILES string of the molecule is CSc1cc(C)ccc1CN=C(N)N.I. The second kappa shape index (κ2) is 6.95. The summed E-state index contributed by atoms with van der Waals surface area (Å²) in [4.78, 5) is 5.22. The summed E-state index contributed by atoms with van der Waals surface area (Å²) in [6.45, 7) is 2.63. The highest BCUT2D eigenvalue weighted by Gasteiger charge is 2.00. The molecular formula is C10H16IN3S. The molecule has 84 valence electrons. The average Bonchev–Trinajstić information content (AvgIpc) is 2.15. The van der Waals surface area contributed by atoms with Gasteiger partial charge < -0.3 is 11.5 Å². The van der Waals surface area contributed by atoms with Crippen molar-refractivity contribution in [3.63, 3.8) is 0 Å². The summed E-state index contributed by atoms with van der Waals surface area (Å²) in [7, 11) is 0. The smallest absolute Gasteiger partial charge is 0.186 e. The number of thioether (sulfide) groups is 1. The van der Waals surface area contributed by atoms with Gasteiger partial charge in [0.2, 0.25) is 0 Å². The van der Waals surface area contributed by atoms with Crippen LogP contribution < -0.4 is 11.5 Å². The number of rotatable bonds is 3. The Kier molecular flexibility index (Phi) is 6.75. The fraction of sp³-hybridized carbons (Fsp3) is 0.300. The standard InChI is InChI=1S/C10H15N3S.HI/c1-7-3-4-8(6-13-10(11)12)9(5-7)14-2;/h3-5H,6H2,1-2H3,(H4,11,12,13);1H. The minimum absolute atomic E-state index is 0. The number of benzene rings is 1. The number of halogens is 1. The zero-order valence-corrected chi connectivity index (χ0v) is 12.0. The van der Waals surface area contributed by atoms with Crippen LogP contribution in [0.3, 0.4) is 0 Å². The summed E-state index contributed by atoms with van der Waals surface area (Å²) in [5.41, 5.74) is 13.0. The third-order valence-corrected chi connectivity index (χ3v) is 2.69. The summed E-state index contributed by atoms with van der Waals surface area (Å²) in [5.74, 6) is 0.137. The van der Waals surface area contributed by atoms with Crippen LogP contribution in [0.25, 0.3) is 0 Å². The van der Waals surface area contributed by atoms with E-state index in [1.807, 2.05) is 6.26 Å². The maximum Gasteiger partial charge on any atom is 0.186 e. The molecule has 0 unspecified atom stereocenters. The maximum atomic E-state index is 5.28. The lowest BCUT2D eigenvalue weighted by atomic mass is 10.1. The third-order valence-electron chi connectivity index (χ3n) is 1.87. The molecule has 4 N–H and O–H groups in total. The number of aryl methyl sites for hydroxylation is 1. The van der Waals surface area contributed by atoms with E-state index >= 15 is 0 Å². The summed E-state index contributed by atoms with van der Waals surface area (Å²) in [5, 5.41) is 0. The van der Waals surface area contributed by atoms with Gasteiger partial charge in [-0.2, -0.15) is 0 Å². The van der Waals surface area contributed by atoms with Gasteiger partial charge in [0, 0.05) is 4.90 Å². The first-order valence-corrected chi connectivity index (χ1v) is 5.55. The minimum Gasteiger partial charge on any atom is -0.370 e. The number of nitrogens with two attached hydrogens (primary N) is 2.